The van der Waals surface area contributed by atoms with Crippen molar-refractivity contribution in [3.63, 3.8) is 0 Å². The van der Waals surface area contributed by atoms with Crippen molar-refractivity contribution in [2.24, 2.45) is 0 Å². The molecule has 2 rings (SSSR count). The van der Waals surface area contributed by atoms with Crippen LogP contribution >= 0.6 is 11.3 Å². The van der Waals surface area contributed by atoms with Crippen molar-refractivity contribution >= 4 is 34.1 Å². The molecule has 1 N–H and O–H groups in total. The molecule has 1 aromatic heterocycles. The first-order valence-electron chi connectivity index (χ1n) is 5.41. The van der Waals surface area contributed by atoms with Crippen LogP contribution in [0.15, 0.2) is 5.38 Å². The third-order valence-electron chi connectivity index (χ3n) is 2.87. The quantitative estimate of drug-likeness (QED) is 0.626. The first kappa shape index (κ1) is 12.7. The zero-order valence-corrected chi connectivity index (χ0v) is 11.1. The van der Waals surface area contributed by atoms with E-state index >= 15 is 0 Å². The minimum Gasteiger partial charge on any atom is -0.325 e. The predicted molar refractivity (Wildman–Crippen MR) is 66.7 cm³/mol. The molecule has 0 bridgehead atoms. The van der Waals surface area contributed by atoms with E-state index in [1.165, 1.54) is 18.3 Å². The number of ketones is 1. The SMILES string of the molecule is CC(=O)c1csc(N2CC(=O)NC(=O)C2(C)C)n1. The largest absolute Gasteiger partial charge is 0.325 e. The van der Waals surface area contributed by atoms with Crippen LogP contribution in [0.3, 0.4) is 0 Å². The third kappa shape index (κ3) is 2.01. The molecule has 2 heterocycles. The molecular formula is C11H13N3O3S. The second kappa shape index (κ2) is 4.16. The van der Waals surface area contributed by atoms with Crippen LogP contribution in [0, 0.1) is 0 Å². The number of Topliss-reactive ketones (excluding diaryl/α,β-unsaturated/α-hetero) is 1. The molecule has 2 amide bonds. The van der Waals surface area contributed by atoms with Gasteiger partial charge in [0, 0.05) is 12.3 Å². The van der Waals surface area contributed by atoms with Crippen LogP contribution in [0.4, 0.5) is 5.13 Å². The highest BCUT2D eigenvalue weighted by Crippen LogP contribution is 2.29. The van der Waals surface area contributed by atoms with E-state index in [1.807, 2.05) is 0 Å². The molecule has 1 saturated heterocycles. The molecule has 0 unspecified atom stereocenters. The molecule has 1 fully saturated rings. The number of nitrogens with one attached hydrogen (secondary N) is 1. The lowest BCUT2D eigenvalue weighted by atomic mass is 10.00. The first-order valence-corrected chi connectivity index (χ1v) is 6.28. The van der Waals surface area contributed by atoms with Gasteiger partial charge in [0.25, 0.3) is 5.91 Å². The molecule has 1 aromatic rings. The van der Waals surface area contributed by atoms with Crippen LogP contribution in [-0.4, -0.2) is 34.7 Å². The van der Waals surface area contributed by atoms with Gasteiger partial charge in [-0.3, -0.25) is 19.7 Å². The number of thiazole rings is 1. The summed E-state index contributed by atoms with van der Waals surface area (Å²) in [5.74, 6) is -0.861. The van der Waals surface area contributed by atoms with Crippen molar-refractivity contribution in [2.75, 3.05) is 11.4 Å². The number of hydrogen-bond donors (Lipinski definition) is 1. The highest BCUT2D eigenvalue weighted by Gasteiger charge is 2.42. The van der Waals surface area contributed by atoms with Gasteiger partial charge in [0.1, 0.15) is 17.8 Å². The lowest BCUT2D eigenvalue weighted by molar-refractivity contribution is -0.135. The standard InChI is InChI=1S/C11H13N3O3S/c1-6(15)7-5-18-10(12-7)14-4-8(16)13-9(17)11(14,2)3/h5H,4H2,1-3H3,(H,13,16,17). The van der Waals surface area contributed by atoms with Crippen molar-refractivity contribution in [2.45, 2.75) is 26.3 Å². The summed E-state index contributed by atoms with van der Waals surface area (Å²) in [6.07, 6.45) is 0. The molecule has 1 aliphatic heterocycles. The molecule has 0 radical (unpaired) electrons. The van der Waals surface area contributed by atoms with Gasteiger partial charge in [0.15, 0.2) is 10.9 Å². The minimum absolute atomic E-state index is 0.0591. The zero-order chi connectivity index (χ0) is 13.5. The molecule has 0 saturated carbocycles. The van der Waals surface area contributed by atoms with Gasteiger partial charge in [-0.2, -0.15) is 0 Å². The number of amides is 2. The Bertz CT molecular complexity index is 535. The Morgan fingerprint density at radius 3 is 2.72 bits per heavy atom. The van der Waals surface area contributed by atoms with E-state index in [4.69, 9.17) is 0 Å². The number of aromatic nitrogens is 1. The fourth-order valence-electron chi connectivity index (χ4n) is 1.64. The number of imide groups is 1. The Labute approximate surface area is 108 Å². The zero-order valence-electron chi connectivity index (χ0n) is 10.3. The van der Waals surface area contributed by atoms with E-state index in [-0.39, 0.29) is 24.1 Å². The molecule has 0 aromatic carbocycles. The van der Waals surface area contributed by atoms with Crippen LogP contribution in [0.1, 0.15) is 31.3 Å². The normalized spacial score (nSPS) is 18.7. The topological polar surface area (TPSA) is 79.4 Å². The molecule has 7 heteroatoms. The lowest BCUT2D eigenvalue weighted by Gasteiger charge is -2.39. The van der Waals surface area contributed by atoms with Gasteiger partial charge in [0.05, 0.1) is 0 Å². The second-order valence-corrected chi connectivity index (χ2v) is 5.43. The van der Waals surface area contributed by atoms with E-state index in [2.05, 4.69) is 10.3 Å². The average molecular weight is 267 g/mol. The molecule has 18 heavy (non-hydrogen) atoms. The van der Waals surface area contributed by atoms with Gasteiger partial charge >= 0.3 is 0 Å². The molecule has 96 valence electrons. The number of hydrogen-bond acceptors (Lipinski definition) is 6. The van der Waals surface area contributed by atoms with Gasteiger partial charge in [-0.1, -0.05) is 0 Å². The summed E-state index contributed by atoms with van der Waals surface area (Å²) in [4.78, 5) is 40.2. The van der Waals surface area contributed by atoms with Crippen LogP contribution < -0.4 is 10.2 Å². The summed E-state index contributed by atoms with van der Waals surface area (Å²) >= 11 is 1.25. The van der Waals surface area contributed by atoms with E-state index in [0.29, 0.717) is 10.8 Å². The van der Waals surface area contributed by atoms with Gasteiger partial charge < -0.3 is 4.90 Å². The van der Waals surface area contributed by atoms with Crippen LogP contribution in [0.2, 0.25) is 0 Å². The summed E-state index contributed by atoms with van der Waals surface area (Å²) in [6, 6.07) is 0. The summed E-state index contributed by atoms with van der Waals surface area (Å²) in [5.41, 5.74) is -0.510. The highest BCUT2D eigenvalue weighted by atomic mass is 32.1. The smallest absolute Gasteiger partial charge is 0.251 e. The third-order valence-corrected chi connectivity index (χ3v) is 3.73. The fraction of sp³-hybridized carbons (Fsp3) is 0.455. The predicted octanol–water partition coefficient (Wildman–Crippen LogP) is 0.587. The van der Waals surface area contributed by atoms with Crippen LogP contribution in [-0.2, 0) is 9.59 Å². The Morgan fingerprint density at radius 2 is 2.17 bits per heavy atom. The van der Waals surface area contributed by atoms with Crippen molar-refractivity contribution in [1.29, 1.82) is 0 Å². The van der Waals surface area contributed by atoms with Gasteiger partial charge in [0.2, 0.25) is 5.91 Å². The average Bonchev–Trinajstić information content (AvgIpc) is 2.72. The van der Waals surface area contributed by atoms with Gasteiger partial charge in [-0.05, 0) is 13.8 Å². The number of rotatable bonds is 2. The monoisotopic (exact) mass is 267 g/mol. The van der Waals surface area contributed by atoms with Crippen molar-refractivity contribution in [3.8, 4) is 0 Å². The van der Waals surface area contributed by atoms with Crippen LogP contribution in [0.25, 0.3) is 0 Å². The second-order valence-electron chi connectivity index (χ2n) is 4.59. The maximum absolute atomic E-state index is 11.8. The summed E-state index contributed by atoms with van der Waals surface area (Å²) < 4.78 is 0. The van der Waals surface area contributed by atoms with E-state index in [9.17, 15) is 14.4 Å². The van der Waals surface area contributed by atoms with Crippen molar-refractivity contribution in [3.05, 3.63) is 11.1 Å². The van der Waals surface area contributed by atoms with Crippen molar-refractivity contribution in [1.82, 2.24) is 10.3 Å². The maximum Gasteiger partial charge on any atom is 0.251 e. The maximum atomic E-state index is 11.8. The van der Waals surface area contributed by atoms with Gasteiger partial charge in [-0.25, -0.2) is 4.98 Å². The fourth-order valence-corrected chi connectivity index (χ4v) is 2.65. The first-order chi connectivity index (χ1) is 8.32. The molecular weight excluding hydrogens is 254 g/mol. The van der Waals surface area contributed by atoms with E-state index in [0.717, 1.165) is 0 Å². The molecule has 0 aliphatic carbocycles. The lowest BCUT2D eigenvalue weighted by Crippen LogP contribution is -2.64. The summed E-state index contributed by atoms with van der Waals surface area (Å²) in [7, 11) is 0. The Kier molecular flexibility index (Phi) is 2.94. The minimum atomic E-state index is -0.861. The highest BCUT2D eigenvalue weighted by molar-refractivity contribution is 7.14. The van der Waals surface area contributed by atoms with E-state index in [1.54, 1.807) is 24.1 Å². The summed E-state index contributed by atoms with van der Waals surface area (Å²) in [5, 5.41) is 4.43. The Morgan fingerprint density at radius 1 is 1.50 bits per heavy atom. The molecule has 0 spiro atoms. The number of carbonyl (C=O) groups is 3. The molecule has 1 aliphatic rings. The summed E-state index contributed by atoms with van der Waals surface area (Å²) in [6.45, 7) is 4.91. The number of carbonyl (C=O) groups excluding carboxylic acids is 3. The molecule has 0 atom stereocenters. The molecule has 6 nitrogen and oxygen atoms in total. The van der Waals surface area contributed by atoms with Crippen molar-refractivity contribution < 1.29 is 14.4 Å². The number of piperazine rings is 1. The Balaban J connectivity index is 2.37. The number of anilines is 1. The number of nitrogens with zero attached hydrogens (tertiary/aromatic N) is 2. The van der Waals surface area contributed by atoms with Gasteiger partial charge in [-0.15, -0.1) is 11.3 Å². The van der Waals surface area contributed by atoms with E-state index < -0.39 is 5.54 Å². The van der Waals surface area contributed by atoms with Crippen LogP contribution in [0.5, 0.6) is 0 Å². The Hall–Kier alpha value is -1.76.